The van der Waals surface area contributed by atoms with E-state index in [0.29, 0.717) is 5.92 Å². The lowest BCUT2D eigenvalue weighted by Gasteiger charge is -2.41. The Hall–Kier alpha value is -0.970. The van der Waals surface area contributed by atoms with E-state index in [4.69, 9.17) is 10.6 Å². The summed E-state index contributed by atoms with van der Waals surface area (Å²) in [5.41, 5.74) is 3.86. The van der Waals surface area contributed by atoms with Crippen molar-refractivity contribution in [3.63, 3.8) is 0 Å². The van der Waals surface area contributed by atoms with E-state index in [9.17, 15) is 4.39 Å². The van der Waals surface area contributed by atoms with Gasteiger partial charge in [0.25, 0.3) is 0 Å². The van der Waals surface area contributed by atoms with Crippen molar-refractivity contribution in [2.24, 2.45) is 11.8 Å². The fraction of sp³-hybridized carbons (Fsp3) is 0.600. The largest absolute Gasteiger partial charge is 0.381 e. The number of hydrogen-bond donors (Lipinski definition) is 2. The summed E-state index contributed by atoms with van der Waals surface area (Å²) < 4.78 is 18.6. The number of benzene rings is 1. The molecule has 1 fully saturated rings. The first kappa shape index (κ1) is 14.4. The predicted molar refractivity (Wildman–Crippen MR) is 74.1 cm³/mol. The van der Waals surface area contributed by atoms with Crippen LogP contribution in [0.25, 0.3) is 0 Å². The molecular formula is C15H23FN2O. The zero-order valence-electron chi connectivity index (χ0n) is 11.7. The maximum atomic E-state index is 13.1. The van der Waals surface area contributed by atoms with E-state index in [-0.39, 0.29) is 17.3 Å². The normalized spacial score (nSPS) is 22.2. The van der Waals surface area contributed by atoms with Gasteiger partial charge in [-0.3, -0.25) is 11.3 Å². The average Bonchev–Trinajstić information content (AvgIpc) is 2.41. The quantitative estimate of drug-likeness (QED) is 0.649. The van der Waals surface area contributed by atoms with Crippen molar-refractivity contribution in [3.8, 4) is 0 Å². The second kappa shape index (κ2) is 5.99. The Labute approximate surface area is 114 Å². The molecule has 3 N–H and O–H groups in total. The average molecular weight is 266 g/mol. The Morgan fingerprint density at radius 2 is 2.05 bits per heavy atom. The Kier molecular flexibility index (Phi) is 4.55. The van der Waals surface area contributed by atoms with Crippen molar-refractivity contribution in [3.05, 3.63) is 35.6 Å². The summed E-state index contributed by atoms with van der Waals surface area (Å²) in [4.78, 5) is 0. The van der Waals surface area contributed by atoms with Crippen LogP contribution >= 0.6 is 0 Å². The van der Waals surface area contributed by atoms with Gasteiger partial charge < -0.3 is 4.74 Å². The third-order valence-corrected chi connectivity index (χ3v) is 4.21. The van der Waals surface area contributed by atoms with Crippen molar-refractivity contribution in [1.82, 2.24) is 5.43 Å². The van der Waals surface area contributed by atoms with Gasteiger partial charge >= 0.3 is 0 Å². The standard InChI is InChI=1S/C15H23FN2O/c1-15(2,12-5-7-13(16)8-6-12)14(18-17)11-4-3-9-19-10-11/h5-8,11,14,18H,3-4,9-10,17H2,1-2H3. The molecule has 1 aromatic rings. The fourth-order valence-electron chi connectivity index (χ4n) is 3.02. The molecule has 1 aromatic carbocycles. The molecule has 2 rings (SSSR count). The fourth-order valence-corrected chi connectivity index (χ4v) is 3.02. The minimum atomic E-state index is -0.210. The second-order valence-electron chi connectivity index (χ2n) is 5.85. The number of hydrogen-bond acceptors (Lipinski definition) is 3. The number of hydrazine groups is 1. The predicted octanol–water partition coefficient (Wildman–Crippen LogP) is 2.36. The molecule has 1 heterocycles. The Morgan fingerprint density at radius 3 is 2.58 bits per heavy atom. The molecule has 0 radical (unpaired) electrons. The lowest BCUT2D eigenvalue weighted by molar-refractivity contribution is 0.0268. The summed E-state index contributed by atoms with van der Waals surface area (Å²) in [5.74, 6) is 5.95. The maximum absolute atomic E-state index is 13.1. The van der Waals surface area contributed by atoms with Crippen molar-refractivity contribution in [2.75, 3.05) is 13.2 Å². The van der Waals surface area contributed by atoms with Crippen LogP contribution in [-0.4, -0.2) is 19.3 Å². The van der Waals surface area contributed by atoms with Crippen LogP contribution in [-0.2, 0) is 10.2 Å². The number of ether oxygens (including phenoxy) is 1. The summed E-state index contributed by atoms with van der Waals surface area (Å²) in [6, 6.07) is 6.79. The zero-order valence-corrected chi connectivity index (χ0v) is 11.7. The molecule has 0 saturated carbocycles. The first-order valence-corrected chi connectivity index (χ1v) is 6.85. The van der Waals surface area contributed by atoms with Gasteiger partial charge in [-0.25, -0.2) is 4.39 Å². The Balaban J connectivity index is 2.21. The topological polar surface area (TPSA) is 47.3 Å². The van der Waals surface area contributed by atoms with Gasteiger partial charge in [0.2, 0.25) is 0 Å². The molecule has 106 valence electrons. The summed E-state index contributed by atoms with van der Waals surface area (Å²) in [5, 5.41) is 0. The van der Waals surface area contributed by atoms with Gasteiger partial charge in [0.15, 0.2) is 0 Å². The SMILES string of the molecule is CC(C)(c1ccc(F)cc1)C(NN)C1CCCOC1. The van der Waals surface area contributed by atoms with E-state index in [1.165, 1.54) is 12.1 Å². The van der Waals surface area contributed by atoms with Crippen molar-refractivity contribution < 1.29 is 9.13 Å². The van der Waals surface area contributed by atoms with E-state index < -0.39 is 0 Å². The summed E-state index contributed by atoms with van der Waals surface area (Å²) in [6.07, 6.45) is 2.18. The van der Waals surface area contributed by atoms with Gasteiger partial charge in [-0.1, -0.05) is 26.0 Å². The van der Waals surface area contributed by atoms with Gasteiger partial charge in [0.1, 0.15) is 5.82 Å². The van der Waals surface area contributed by atoms with Crippen LogP contribution < -0.4 is 11.3 Å². The minimum absolute atomic E-state index is 0.110. The lowest BCUT2D eigenvalue weighted by atomic mass is 9.71. The third-order valence-electron chi connectivity index (χ3n) is 4.21. The van der Waals surface area contributed by atoms with Gasteiger partial charge in [-0.05, 0) is 36.5 Å². The molecule has 4 heteroatoms. The Bertz CT molecular complexity index is 399. The van der Waals surface area contributed by atoms with Gasteiger partial charge in [0.05, 0.1) is 6.61 Å². The molecule has 1 saturated heterocycles. The Morgan fingerprint density at radius 1 is 1.37 bits per heavy atom. The van der Waals surface area contributed by atoms with Gasteiger partial charge in [0, 0.05) is 18.1 Å². The van der Waals surface area contributed by atoms with E-state index >= 15 is 0 Å². The number of nitrogens with one attached hydrogen (secondary N) is 1. The molecule has 0 bridgehead atoms. The molecule has 3 nitrogen and oxygen atoms in total. The molecule has 1 aliphatic heterocycles. The van der Waals surface area contributed by atoms with Crippen LogP contribution in [0.4, 0.5) is 4.39 Å². The van der Waals surface area contributed by atoms with Crippen LogP contribution in [0, 0.1) is 11.7 Å². The maximum Gasteiger partial charge on any atom is 0.123 e. The summed E-state index contributed by atoms with van der Waals surface area (Å²) in [7, 11) is 0. The highest BCUT2D eigenvalue weighted by atomic mass is 19.1. The zero-order chi connectivity index (χ0) is 13.9. The smallest absolute Gasteiger partial charge is 0.123 e. The van der Waals surface area contributed by atoms with Crippen LogP contribution in [0.5, 0.6) is 0 Å². The molecule has 1 aliphatic rings. The monoisotopic (exact) mass is 266 g/mol. The highest BCUT2D eigenvalue weighted by Crippen LogP contribution is 2.33. The van der Waals surface area contributed by atoms with Crippen LogP contribution in [0.3, 0.4) is 0 Å². The molecule has 2 atom stereocenters. The molecule has 0 amide bonds. The highest BCUT2D eigenvalue weighted by Gasteiger charge is 2.37. The summed E-state index contributed by atoms with van der Waals surface area (Å²) in [6.45, 7) is 5.85. The van der Waals surface area contributed by atoms with Crippen LogP contribution in [0.1, 0.15) is 32.3 Å². The van der Waals surface area contributed by atoms with Crippen LogP contribution in [0.15, 0.2) is 24.3 Å². The third kappa shape index (κ3) is 3.14. The van der Waals surface area contributed by atoms with E-state index in [1.54, 1.807) is 0 Å². The molecular weight excluding hydrogens is 243 g/mol. The van der Waals surface area contributed by atoms with E-state index in [2.05, 4.69) is 19.3 Å². The van der Waals surface area contributed by atoms with Crippen molar-refractivity contribution >= 4 is 0 Å². The van der Waals surface area contributed by atoms with Crippen molar-refractivity contribution in [1.29, 1.82) is 0 Å². The molecule has 0 spiro atoms. The van der Waals surface area contributed by atoms with E-state index in [1.807, 2.05) is 12.1 Å². The van der Waals surface area contributed by atoms with Crippen LogP contribution in [0.2, 0.25) is 0 Å². The molecule has 0 aliphatic carbocycles. The van der Waals surface area contributed by atoms with Gasteiger partial charge in [-0.2, -0.15) is 0 Å². The lowest BCUT2D eigenvalue weighted by Crippen LogP contribution is -2.54. The first-order chi connectivity index (χ1) is 9.05. The minimum Gasteiger partial charge on any atom is -0.381 e. The molecule has 0 aromatic heterocycles. The molecule has 2 unspecified atom stereocenters. The second-order valence-corrected chi connectivity index (χ2v) is 5.85. The number of halogens is 1. The van der Waals surface area contributed by atoms with Crippen molar-refractivity contribution in [2.45, 2.75) is 38.1 Å². The first-order valence-electron chi connectivity index (χ1n) is 6.85. The van der Waals surface area contributed by atoms with Gasteiger partial charge in [-0.15, -0.1) is 0 Å². The summed E-state index contributed by atoms with van der Waals surface area (Å²) >= 11 is 0. The highest BCUT2D eigenvalue weighted by molar-refractivity contribution is 5.26. The van der Waals surface area contributed by atoms with E-state index in [0.717, 1.165) is 31.6 Å². The number of rotatable bonds is 4. The number of nitrogens with two attached hydrogens (primary N) is 1. The molecule has 19 heavy (non-hydrogen) atoms.